The van der Waals surface area contributed by atoms with Crippen molar-refractivity contribution in [3.05, 3.63) is 41.5 Å². The fraction of sp³-hybridized carbons (Fsp3) is 0.389. The Labute approximate surface area is 139 Å². The van der Waals surface area contributed by atoms with Gasteiger partial charge in [0.2, 0.25) is 0 Å². The second-order valence-electron chi connectivity index (χ2n) is 5.64. The summed E-state index contributed by atoms with van der Waals surface area (Å²) in [6, 6.07) is 6.89. The molecule has 126 valence electrons. The van der Waals surface area contributed by atoms with Crippen molar-refractivity contribution in [3.63, 3.8) is 0 Å². The summed E-state index contributed by atoms with van der Waals surface area (Å²) in [6.45, 7) is 3.72. The van der Waals surface area contributed by atoms with E-state index in [-0.39, 0.29) is 19.6 Å². The van der Waals surface area contributed by atoms with Gasteiger partial charge in [0, 0.05) is 17.1 Å². The van der Waals surface area contributed by atoms with Crippen molar-refractivity contribution >= 4 is 17.9 Å². The molecule has 0 bridgehead atoms. The third-order valence-corrected chi connectivity index (χ3v) is 4.40. The van der Waals surface area contributed by atoms with Crippen molar-refractivity contribution in [3.8, 4) is 5.75 Å². The van der Waals surface area contributed by atoms with Crippen LogP contribution in [0.25, 0.3) is 0 Å². The van der Waals surface area contributed by atoms with E-state index in [1.807, 2.05) is 0 Å². The van der Waals surface area contributed by atoms with Crippen LogP contribution in [0.15, 0.2) is 35.9 Å². The normalized spacial score (nSPS) is 24.3. The lowest BCUT2D eigenvalue weighted by molar-refractivity contribution is -0.169. The molecule has 0 radical (unpaired) electrons. The molecular weight excluding hydrogens is 312 g/mol. The summed E-state index contributed by atoms with van der Waals surface area (Å²) in [5, 5.41) is 0. The predicted octanol–water partition coefficient (Wildman–Crippen LogP) is 2.13. The number of esters is 3. The molecule has 0 aromatic heterocycles. The number of carbonyl (C=O) groups is 3. The van der Waals surface area contributed by atoms with E-state index in [9.17, 15) is 14.4 Å². The van der Waals surface area contributed by atoms with Gasteiger partial charge in [-0.05, 0) is 26.3 Å². The minimum atomic E-state index is -1.56. The van der Waals surface area contributed by atoms with E-state index >= 15 is 0 Å². The Morgan fingerprint density at radius 2 is 1.92 bits per heavy atom. The average Bonchev–Trinajstić information content (AvgIpc) is 2.98. The van der Waals surface area contributed by atoms with Crippen molar-refractivity contribution in [1.29, 1.82) is 0 Å². The van der Waals surface area contributed by atoms with Gasteiger partial charge >= 0.3 is 17.9 Å². The lowest BCUT2D eigenvalue weighted by Gasteiger charge is -2.36. The van der Waals surface area contributed by atoms with E-state index in [1.54, 1.807) is 44.2 Å². The molecule has 0 saturated heterocycles. The number of para-hydroxylation sites is 1. The van der Waals surface area contributed by atoms with Gasteiger partial charge in [-0.25, -0.2) is 4.79 Å². The summed E-state index contributed by atoms with van der Waals surface area (Å²) < 4.78 is 15.6. The Balaban J connectivity index is 2.14. The summed E-state index contributed by atoms with van der Waals surface area (Å²) in [7, 11) is 0. The van der Waals surface area contributed by atoms with E-state index in [4.69, 9.17) is 14.2 Å². The van der Waals surface area contributed by atoms with Gasteiger partial charge in [-0.15, -0.1) is 0 Å². The molecule has 2 atom stereocenters. The zero-order valence-electron chi connectivity index (χ0n) is 13.5. The molecule has 0 saturated carbocycles. The van der Waals surface area contributed by atoms with Gasteiger partial charge in [0.25, 0.3) is 0 Å². The standard InChI is InChI=1S/C18H18O6/c1-3-22-15(19)12-9-10-18(16(20)23-4-2)14(12)11-7-5-6-8-13(11)24-17(18)21/h5-9,14H,3-4,10H2,1-2H3. The molecule has 0 N–H and O–H groups in total. The molecule has 6 nitrogen and oxygen atoms in total. The average molecular weight is 330 g/mol. The van der Waals surface area contributed by atoms with Crippen molar-refractivity contribution in [2.75, 3.05) is 13.2 Å². The molecule has 0 amide bonds. The van der Waals surface area contributed by atoms with Crippen LogP contribution < -0.4 is 4.74 Å². The number of hydrogen-bond acceptors (Lipinski definition) is 6. The van der Waals surface area contributed by atoms with E-state index < -0.39 is 29.2 Å². The third-order valence-electron chi connectivity index (χ3n) is 4.40. The van der Waals surface area contributed by atoms with Crippen LogP contribution in [0.4, 0.5) is 0 Å². The van der Waals surface area contributed by atoms with Crippen LogP contribution in [-0.2, 0) is 23.9 Å². The number of hydrogen-bond donors (Lipinski definition) is 0. The zero-order valence-corrected chi connectivity index (χ0v) is 13.5. The van der Waals surface area contributed by atoms with Gasteiger partial charge in [0.1, 0.15) is 5.75 Å². The first-order valence-corrected chi connectivity index (χ1v) is 7.91. The van der Waals surface area contributed by atoms with Gasteiger partial charge in [-0.2, -0.15) is 0 Å². The van der Waals surface area contributed by atoms with Gasteiger partial charge in [0.15, 0.2) is 5.41 Å². The summed E-state index contributed by atoms with van der Waals surface area (Å²) in [6.07, 6.45) is 1.64. The van der Waals surface area contributed by atoms with Crippen LogP contribution in [0.3, 0.4) is 0 Å². The van der Waals surface area contributed by atoms with E-state index in [1.165, 1.54) is 0 Å². The maximum absolute atomic E-state index is 12.7. The van der Waals surface area contributed by atoms with Gasteiger partial charge in [-0.3, -0.25) is 9.59 Å². The maximum Gasteiger partial charge on any atom is 0.334 e. The topological polar surface area (TPSA) is 78.9 Å². The predicted molar refractivity (Wildman–Crippen MR) is 83.2 cm³/mol. The molecule has 2 unspecified atom stereocenters. The van der Waals surface area contributed by atoms with Gasteiger partial charge < -0.3 is 14.2 Å². The maximum atomic E-state index is 12.7. The van der Waals surface area contributed by atoms with E-state index in [0.29, 0.717) is 16.9 Å². The van der Waals surface area contributed by atoms with Crippen LogP contribution in [0.2, 0.25) is 0 Å². The molecule has 1 aromatic rings. The number of rotatable bonds is 4. The zero-order chi connectivity index (χ0) is 17.3. The van der Waals surface area contributed by atoms with Crippen molar-refractivity contribution in [2.45, 2.75) is 26.2 Å². The molecule has 0 spiro atoms. The first kappa shape index (κ1) is 16.2. The first-order chi connectivity index (χ1) is 11.6. The van der Waals surface area contributed by atoms with Crippen molar-refractivity contribution in [2.24, 2.45) is 5.41 Å². The molecule has 1 aromatic carbocycles. The molecule has 2 aliphatic rings. The lowest BCUT2D eigenvalue weighted by Crippen LogP contribution is -2.49. The molecule has 0 fully saturated rings. The lowest BCUT2D eigenvalue weighted by atomic mass is 9.69. The van der Waals surface area contributed by atoms with Gasteiger partial charge in [-0.1, -0.05) is 24.3 Å². The minimum Gasteiger partial charge on any atom is -0.465 e. The Morgan fingerprint density at radius 1 is 1.21 bits per heavy atom. The first-order valence-electron chi connectivity index (χ1n) is 7.91. The Hall–Kier alpha value is -2.63. The fourth-order valence-electron chi connectivity index (χ4n) is 3.37. The quantitative estimate of drug-likeness (QED) is 0.478. The summed E-state index contributed by atoms with van der Waals surface area (Å²) in [4.78, 5) is 37.7. The van der Waals surface area contributed by atoms with Gasteiger partial charge in [0.05, 0.1) is 13.2 Å². The Bertz CT molecular complexity index is 735. The van der Waals surface area contributed by atoms with Crippen LogP contribution in [-0.4, -0.2) is 31.1 Å². The highest BCUT2D eigenvalue weighted by Gasteiger charge is 2.63. The summed E-state index contributed by atoms with van der Waals surface area (Å²) >= 11 is 0. The largest absolute Gasteiger partial charge is 0.465 e. The monoisotopic (exact) mass is 330 g/mol. The Morgan fingerprint density at radius 3 is 2.62 bits per heavy atom. The number of ether oxygens (including phenoxy) is 3. The Kier molecular flexibility index (Phi) is 4.13. The van der Waals surface area contributed by atoms with Crippen molar-refractivity contribution < 1.29 is 28.6 Å². The van der Waals surface area contributed by atoms with E-state index in [2.05, 4.69) is 0 Å². The second-order valence-corrected chi connectivity index (χ2v) is 5.64. The highest BCUT2D eigenvalue weighted by molar-refractivity contribution is 6.08. The minimum absolute atomic E-state index is 0.0534. The van der Waals surface area contributed by atoms with Crippen molar-refractivity contribution in [1.82, 2.24) is 0 Å². The van der Waals surface area contributed by atoms with Crippen LogP contribution in [0.1, 0.15) is 31.7 Å². The highest BCUT2D eigenvalue weighted by Crippen LogP contribution is 2.56. The number of fused-ring (bicyclic) bond motifs is 3. The molecule has 6 heteroatoms. The van der Waals surface area contributed by atoms with Crippen LogP contribution in [0, 0.1) is 5.41 Å². The molecule has 3 rings (SSSR count). The molecular formula is C18H18O6. The molecule has 1 aliphatic heterocycles. The summed E-state index contributed by atoms with van der Waals surface area (Å²) in [5.74, 6) is -2.30. The SMILES string of the molecule is CCOC(=O)C1=CCC2(C(=O)OCC)C(=O)Oc3ccccc3C12. The second kappa shape index (κ2) is 6.11. The third kappa shape index (κ3) is 2.21. The fourth-order valence-corrected chi connectivity index (χ4v) is 3.37. The molecule has 1 aliphatic carbocycles. The highest BCUT2D eigenvalue weighted by atomic mass is 16.6. The van der Waals surface area contributed by atoms with E-state index in [0.717, 1.165) is 0 Å². The van der Waals surface area contributed by atoms with Crippen LogP contribution in [0.5, 0.6) is 5.75 Å². The number of benzene rings is 1. The molecule has 1 heterocycles. The number of allylic oxidation sites excluding steroid dienone is 1. The smallest absolute Gasteiger partial charge is 0.334 e. The van der Waals surface area contributed by atoms with Crippen LogP contribution >= 0.6 is 0 Å². The molecule has 24 heavy (non-hydrogen) atoms. The summed E-state index contributed by atoms with van der Waals surface area (Å²) in [5.41, 5.74) is -0.650. The number of carbonyl (C=O) groups excluding carboxylic acids is 3.